The molecule has 0 fully saturated rings. The first-order valence-electron chi connectivity index (χ1n) is 4.07. The zero-order chi connectivity index (χ0) is 11.6. The molecule has 0 amide bonds. The second-order valence-corrected chi connectivity index (χ2v) is 3.50. The van der Waals surface area contributed by atoms with E-state index in [2.05, 4.69) is 0 Å². The summed E-state index contributed by atoms with van der Waals surface area (Å²) in [4.78, 5) is 0. The lowest BCUT2D eigenvalue weighted by Crippen LogP contribution is -2.36. The molecule has 1 aromatic carbocycles. The number of halogens is 5. The van der Waals surface area contributed by atoms with Gasteiger partial charge in [0.25, 0.3) is 5.92 Å². The van der Waals surface area contributed by atoms with E-state index in [-0.39, 0.29) is 23.0 Å². The Morgan fingerprint density at radius 3 is 2.44 bits per heavy atom. The normalized spacial score (nSPS) is 13.1. The zero-order valence-electron chi connectivity index (χ0n) is 7.96. The first kappa shape index (κ1) is 15.5. The predicted octanol–water partition coefficient (Wildman–Crippen LogP) is 2.53. The molecule has 0 radical (unpaired) electrons. The largest absolute Gasteiger partial charge is 0.390 e. The maximum Gasteiger partial charge on any atom is 0.289 e. The van der Waals surface area contributed by atoms with E-state index in [9.17, 15) is 13.2 Å². The summed E-state index contributed by atoms with van der Waals surface area (Å²) in [7, 11) is 0. The first-order chi connectivity index (χ1) is 6.88. The molecule has 0 unspecified atom stereocenters. The van der Waals surface area contributed by atoms with Crippen molar-refractivity contribution in [3.8, 4) is 0 Å². The van der Waals surface area contributed by atoms with Crippen molar-refractivity contribution in [3.63, 3.8) is 0 Å². The standard InChI is InChI=1S/C9H9ClF3NO.ClH/c10-5-1-2-6(7(11)3-5)8(14)9(12,13)4-15;/h1-3,8,15H,4,14H2;1H/t8-;/m1./s1. The molecular weight excluding hydrogens is 266 g/mol. The lowest BCUT2D eigenvalue weighted by Gasteiger charge is -2.22. The molecule has 0 spiro atoms. The van der Waals surface area contributed by atoms with Crippen molar-refractivity contribution in [3.05, 3.63) is 34.6 Å². The van der Waals surface area contributed by atoms with Gasteiger partial charge in [-0.15, -0.1) is 12.4 Å². The molecule has 0 aliphatic carbocycles. The smallest absolute Gasteiger partial charge is 0.289 e. The highest BCUT2D eigenvalue weighted by Crippen LogP contribution is 2.31. The van der Waals surface area contributed by atoms with Gasteiger partial charge in [-0.25, -0.2) is 13.2 Å². The fourth-order valence-corrected chi connectivity index (χ4v) is 1.24. The van der Waals surface area contributed by atoms with Gasteiger partial charge in [-0.05, 0) is 12.1 Å². The Morgan fingerprint density at radius 2 is 2.00 bits per heavy atom. The molecule has 0 heterocycles. The van der Waals surface area contributed by atoms with Gasteiger partial charge >= 0.3 is 0 Å². The van der Waals surface area contributed by atoms with Crippen LogP contribution in [0, 0.1) is 5.82 Å². The Labute approximate surface area is 102 Å². The number of aliphatic hydroxyl groups is 1. The number of hydrogen-bond acceptors (Lipinski definition) is 2. The molecule has 0 saturated carbocycles. The third-order valence-electron chi connectivity index (χ3n) is 1.96. The van der Waals surface area contributed by atoms with Crippen molar-refractivity contribution in [1.82, 2.24) is 0 Å². The van der Waals surface area contributed by atoms with Gasteiger partial charge in [-0.3, -0.25) is 0 Å². The zero-order valence-corrected chi connectivity index (χ0v) is 9.53. The molecule has 0 aliphatic heterocycles. The van der Waals surface area contributed by atoms with Crippen LogP contribution in [0.1, 0.15) is 11.6 Å². The van der Waals surface area contributed by atoms with Crippen LogP contribution < -0.4 is 5.73 Å². The fourth-order valence-electron chi connectivity index (χ4n) is 1.08. The summed E-state index contributed by atoms with van der Waals surface area (Å²) in [5, 5.41) is 8.49. The second-order valence-electron chi connectivity index (χ2n) is 3.06. The molecule has 0 bridgehead atoms. The predicted molar refractivity (Wildman–Crippen MR) is 57.6 cm³/mol. The molecule has 3 N–H and O–H groups in total. The summed E-state index contributed by atoms with van der Waals surface area (Å²) in [6, 6.07) is 1.34. The van der Waals surface area contributed by atoms with Gasteiger partial charge in [0.05, 0.1) is 6.04 Å². The number of alkyl halides is 2. The molecule has 0 aliphatic rings. The maximum absolute atomic E-state index is 13.2. The number of rotatable bonds is 3. The van der Waals surface area contributed by atoms with E-state index < -0.39 is 24.4 Å². The molecule has 7 heteroatoms. The SMILES string of the molecule is Cl.N[C@H](c1ccc(Cl)cc1F)C(F)(F)CO. The van der Waals surface area contributed by atoms with Crippen LogP contribution in [0.2, 0.25) is 5.02 Å². The highest BCUT2D eigenvalue weighted by Gasteiger charge is 2.38. The Hall–Kier alpha value is -0.490. The fraction of sp³-hybridized carbons (Fsp3) is 0.333. The highest BCUT2D eigenvalue weighted by molar-refractivity contribution is 6.30. The van der Waals surface area contributed by atoms with Crippen LogP contribution in [0.5, 0.6) is 0 Å². The molecular formula is C9H10Cl2F3NO. The summed E-state index contributed by atoms with van der Waals surface area (Å²) in [5.41, 5.74) is 4.76. The Bertz CT molecular complexity index is 363. The van der Waals surface area contributed by atoms with Crippen LogP contribution >= 0.6 is 24.0 Å². The van der Waals surface area contributed by atoms with Crippen LogP contribution in [-0.4, -0.2) is 17.6 Å². The van der Waals surface area contributed by atoms with Crippen molar-refractivity contribution in [2.75, 3.05) is 6.61 Å². The second kappa shape index (κ2) is 5.72. The van der Waals surface area contributed by atoms with Gasteiger partial charge in [-0.2, -0.15) is 0 Å². The average molecular weight is 276 g/mol. The molecule has 0 aromatic heterocycles. The van der Waals surface area contributed by atoms with E-state index in [4.69, 9.17) is 22.4 Å². The van der Waals surface area contributed by atoms with Gasteiger partial charge in [0, 0.05) is 10.6 Å². The molecule has 1 rings (SSSR count). The third-order valence-corrected chi connectivity index (χ3v) is 2.20. The molecule has 2 nitrogen and oxygen atoms in total. The Kier molecular flexibility index (Phi) is 5.55. The van der Waals surface area contributed by atoms with Crippen molar-refractivity contribution in [1.29, 1.82) is 0 Å². The van der Waals surface area contributed by atoms with Gasteiger partial charge in [0.15, 0.2) is 0 Å². The van der Waals surface area contributed by atoms with Crippen LogP contribution in [0.4, 0.5) is 13.2 Å². The minimum Gasteiger partial charge on any atom is -0.390 e. The van der Waals surface area contributed by atoms with Crippen molar-refractivity contribution in [2.24, 2.45) is 5.73 Å². The number of benzene rings is 1. The van der Waals surface area contributed by atoms with E-state index in [0.29, 0.717) is 0 Å². The Balaban J connectivity index is 0.00000225. The lowest BCUT2D eigenvalue weighted by molar-refractivity contribution is -0.0718. The minimum atomic E-state index is -3.56. The number of nitrogens with two attached hydrogens (primary N) is 1. The summed E-state index contributed by atoms with van der Waals surface area (Å²) in [6.45, 7) is -1.43. The first-order valence-corrected chi connectivity index (χ1v) is 4.45. The number of hydrogen-bond donors (Lipinski definition) is 2. The monoisotopic (exact) mass is 275 g/mol. The maximum atomic E-state index is 13.2. The molecule has 1 aromatic rings. The van der Waals surface area contributed by atoms with E-state index in [1.54, 1.807) is 0 Å². The molecule has 1 atom stereocenters. The highest BCUT2D eigenvalue weighted by atomic mass is 35.5. The van der Waals surface area contributed by atoms with Crippen molar-refractivity contribution in [2.45, 2.75) is 12.0 Å². The third kappa shape index (κ3) is 3.25. The van der Waals surface area contributed by atoms with Crippen LogP contribution in [0.3, 0.4) is 0 Å². The van der Waals surface area contributed by atoms with Gasteiger partial charge < -0.3 is 10.8 Å². The van der Waals surface area contributed by atoms with Crippen LogP contribution in [-0.2, 0) is 0 Å². The van der Waals surface area contributed by atoms with E-state index in [0.717, 1.165) is 12.1 Å². The van der Waals surface area contributed by atoms with E-state index in [1.807, 2.05) is 0 Å². The summed E-state index contributed by atoms with van der Waals surface area (Å²) >= 11 is 5.45. The quantitative estimate of drug-likeness (QED) is 0.891. The van der Waals surface area contributed by atoms with Gasteiger partial charge in [-0.1, -0.05) is 17.7 Å². The Morgan fingerprint density at radius 1 is 1.44 bits per heavy atom. The molecule has 16 heavy (non-hydrogen) atoms. The lowest BCUT2D eigenvalue weighted by atomic mass is 10.0. The van der Waals surface area contributed by atoms with E-state index >= 15 is 0 Å². The van der Waals surface area contributed by atoms with Crippen molar-refractivity contribution >= 4 is 24.0 Å². The summed E-state index contributed by atoms with van der Waals surface area (Å²) in [5.74, 6) is -4.47. The van der Waals surface area contributed by atoms with Gasteiger partial charge in [0.2, 0.25) is 0 Å². The average Bonchev–Trinajstić information content (AvgIpc) is 2.17. The van der Waals surface area contributed by atoms with E-state index in [1.165, 1.54) is 6.07 Å². The van der Waals surface area contributed by atoms with Crippen LogP contribution in [0.15, 0.2) is 18.2 Å². The molecule has 0 saturated heterocycles. The van der Waals surface area contributed by atoms with Gasteiger partial charge in [0.1, 0.15) is 12.4 Å². The van der Waals surface area contributed by atoms with Crippen LogP contribution in [0.25, 0.3) is 0 Å². The minimum absolute atomic E-state index is 0. The van der Waals surface area contributed by atoms with Crippen molar-refractivity contribution < 1.29 is 18.3 Å². The summed E-state index contributed by atoms with van der Waals surface area (Å²) < 4.78 is 39.1. The molecule has 92 valence electrons. The topological polar surface area (TPSA) is 46.2 Å². The number of aliphatic hydroxyl groups excluding tert-OH is 1. The summed E-state index contributed by atoms with van der Waals surface area (Å²) in [6.07, 6.45) is 0.